The second kappa shape index (κ2) is 24.6. The molecule has 2 atom stereocenters. The van der Waals surface area contributed by atoms with Crippen LogP contribution in [0.4, 0.5) is 0 Å². The van der Waals surface area contributed by atoms with Crippen LogP contribution < -0.4 is 0 Å². The normalized spacial score (nSPS) is 16.3. The van der Waals surface area contributed by atoms with Crippen molar-refractivity contribution in [1.82, 2.24) is 0 Å². The topological polar surface area (TPSA) is 0 Å². The van der Waals surface area contributed by atoms with E-state index in [0.717, 1.165) is 11.8 Å². The molecule has 0 aromatic heterocycles. The highest BCUT2D eigenvalue weighted by Gasteiger charge is 2.22. The number of aryl methyl sites for hydroxylation is 2. The maximum absolute atomic E-state index is 4.43. The first kappa shape index (κ1) is 44.6. The number of hydrogen-bond acceptors (Lipinski definition) is 0. The molecule has 0 saturated heterocycles. The molecule has 0 heterocycles. The van der Waals surface area contributed by atoms with Crippen LogP contribution in [0.25, 0.3) is 11.1 Å². The molecule has 2 aliphatic carbocycles. The molecule has 2 unspecified atom stereocenters. The first-order chi connectivity index (χ1) is 24.4. The molecule has 0 fully saturated rings. The van der Waals surface area contributed by atoms with Crippen LogP contribution in [0.3, 0.4) is 0 Å². The average Bonchev–Trinajstić information content (AvgIpc) is 3.11. The second-order valence-electron chi connectivity index (χ2n) is 17.1. The van der Waals surface area contributed by atoms with E-state index in [1.807, 2.05) is 0 Å². The molecular formula is C51H80. The molecule has 0 spiro atoms. The third kappa shape index (κ3) is 17.2. The minimum Gasteiger partial charge on any atom is -0.0996 e. The molecule has 0 heteroatoms. The van der Waals surface area contributed by atoms with Gasteiger partial charge in [-0.25, -0.2) is 0 Å². The second-order valence-corrected chi connectivity index (χ2v) is 17.1. The molecule has 0 bridgehead atoms. The smallest absolute Gasteiger partial charge is 0.0162 e. The molecule has 0 aliphatic heterocycles. The van der Waals surface area contributed by atoms with Crippen LogP contribution in [0, 0.1) is 23.7 Å². The number of fused-ring (bicyclic) bond motifs is 2. The molecule has 0 N–H and O–H groups in total. The first-order valence-corrected chi connectivity index (χ1v) is 21.3. The van der Waals surface area contributed by atoms with E-state index < -0.39 is 0 Å². The molecular weight excluding hydrogens is 613 g/mol. The Kier molecular flexibility index (Phi) is 21.5. The number of allylic oxidation sites excluding steroid dienone is 4. The van der Waals surface area contributed by atoms with E-state index in [4.69, 9.17) is 0 Å². The molecule has 4 rings (SSSR count). The predicted octanol–water partition coefficient (Wildman–Crippen LogP) is 16.2. The van der Waals surface area contributed by atoms with Crippen molar-refractivity contribution in [2.75, 3.05) is 0 Å². The van der Waals surface area contributed by atoms with E-state index in [9.17, 15) is 0 Å². The zero-order valence-corrected chi connectivity index (χ0v) is 35.0. The van der Waals surface area contributed by atoms with Gasteiger partial charge in [0.05, 0.1) is 0 Å². The predicted molar refractivity (Wildman–Crippen MR) is 233 cm³/mol. The third-order valence-corrected chi connectivity index (χ3v) is 11.3. The van der Waals surface area contributed by atoms with Crippen molar-refractivity contribution >= 4 is 11.1 Å². The Bertz CT molecular complexity index is 1340. The summed E-state index contributed by atoms with van der Waals surface area (Å²) in [5.74, 6) is 3.08. The van der Waals surface area contributed by atoms with Crippen LogP contribution in [0.1, 0.15) is 185 Å². The molecule has 0 radical (unpaired) electrons. The van der Waals surface area contributed by atoms with Crippen molar-refractivity contribution in [3.8, 4) is 0 Å². The molecule has 284 valence electrons. The molecule has 51 heavy (non-hydrogen) atoms. The number of hydrogen-bond donors (Lipinski definition) is 0. The Labute approximate surface area is 318 Å². The highest BCUT2D eigenvalue weighted by Crippen LogP contribution is 2.34. The van der Waals surface area contributed by atoms with Crippen molar-refractivity contribution in [3.05, 3.63) is 107 Å². The van der Waals surface area contributed by atoms with Gasteiger partial charge < -0.3 is 0 Å². The van der Waals surface area contributed by atoms with Gasteiger partial charge in [0.15, 0.2) is 0 Å². The Morgan fingerprint density at radius 3 is 1.31 bits per heavy atom. The van der Waals surface area contributed by atoms with Gasteiger partial charge >= 0.3 is 0 Å². The Morgan fingerprint density at radius 1 is 0.549 bits per heavy atom. The fourth-order valence-electron chi connectivity index (χ4n) is 7.66. The number of unbranched alkanes of at least 4 members (excludes halogenated alkanes) is 6. The minimum absolute atomic E-state index is 0.697. The summed E-state index contributed by atoms with van der Waals surface area (Å²) in [4.78, 5) is 0. The minimum atomic E-state index is 0.697. The van der Waals surface area contributed by atoms with Crippen LogP contribution >= 0.6 is 0 Å². The van der Waals surface area contributed by atoms with Crippen LogP contribution in [-0.2, 0) is 25.7 Å². The van der Waals surface area contributed by atoms with Crippen molar-refractivity contribution in [2.24, 2.45) is 23.7 Å². The van der Waals surface area contributed by atoms with Gasteiger partial charge in [0, 0.05) is 0 Å². The molecule has 0 saturated carbocycles. The maximum Gasteiger partial charge on any atom is -0.0162 e. The zero-order chi connectivity index (χ0) is 37.8. The Balaban J connectivity index is 0.000000313. The summed E-state index contributed by atoms with van der Waals surface area (Å²) in [5.41, 5.74) is 14.0. The van der Waals surface area contributed by atoms with Gasteiger partial charge in [-0.15, -0.1) is 0 Å². The molecule has 2 aliphatic rings. The van der Waals surface area contributed by atoms with Crippen molar-refractivity contribution < 1.29 is 0 Å². The number of rotatable bonds is 18. The van der Waals surface area contributed by atoms with Crippen molar-refractivity contribution in [3.63, 3.8) is 0 Å². The summed E-state index contributed by atoms with van der Waals surface area (Å²) in [5, 5.41) is 0. The van der Waals surface area contributed by atoms with Gasteiger partial charge in [-0.2, -0.15) is 0 Å². The fraction of sp³-hybridized carbons (Fsp3) is 0.608. The van der Waals surface area contributed by atoms with Crippen LogP contribution in [-0.4, -0.2) is 0 Å². The lowest BCUT2D eigenvalue weighted by Crippen LogP contribution is -2.16. The van der Waals surface area contributed by atoms with E-state index in [-0.39, 0.29) is 0 Å². The van der Waals surface area contributed by atoms with Gasteiger partial charge in [0.1, 0.15) is 0 Å². The lowest BCUT2D eigenvalue weighted by molar-refractivity contribution is 0.488. The number of benzene rings is 2. The summed E-state index contributed by atoms with van der Waals surface area (Å²) < 4.78 is 0. The lowest BCUT2D eigenvalue weighted by atomic mass is 9.78. The molecule has 0 nitrogen and oxygen atoms in total. The lowest BCUT2D eigenvalue weighted by Gasteiger charge is -2.27. The quantitative estimate of drug-likeness (QED) is 0.108. The standard InChI is InChI=1S/C24H36.C22H32.C5H12/c1-18(2)10-8-6-7-9-11-20(5)22-13-15-23-16-21(19(3)4)12-14-24(23)17-22;1-16(2)8-6-7-9-18(5)20-11-13-21-14-19(17(3)4)10-12-22(21)15-20;1-3-5-4-2/h12,14,16,18,22H,3,5-11,13,15,17H2,1-2,4H3;10,12,14,16,20H,3,5-9,11,13,15H2,1-2,4H3;3-5H2,1-2H3. The SMILES string of the molecule is C=C(C)c1ccc2c(c1)CCC(C(=C)CCCCC(C)C)C2.C=C(C)c1ccc2c(c1)CCC(C(=C)CCCCCCC(C)C)C2.CCCCC. The average molecular weight is 693 g/mol. The summed E-state index contributed by atoms with van der Waals surface area (Å²) >= 11 is 0. The first-order valence-electron chi connectivity index (χ1n) is 21.3. The molecule has 0 amide bonds. The van der Waals surface area contributed by atoms with E-state index in [0.29, 0.717) is 11.8 Å². The summed E-state index contributed by atoms with van der Waals surface area (Å²) in [6, 6.07) is 13.8. The summed E-state index contributed by atoms with van der Waals surface area (Å²) in [7, 11) is 0. The van der Waals surface area contributed by atoms with E-state index in [1.54, 1.807) is 0 Å². The summed E-state index contributed by atoms with van der Waals surface area (Å²) in [6.07, 6.45) is 24.7. The van der Waals surface area contributed by atoms with Gasteiger partial charge in [0.25, 0.3) is 0 Å². The highest BCUT2D eigenvalue weighted by molar-refractivity contribution is 5.63. The monoisotopic (exact) mass is 693 g/mol. The largest absolute Gasteiger partial charge is 0.0996 e. The maximum atomic E-state index is 4.43. The van der Waals surface area contributed by atoms with E-state index >= 15 is 0 Å². The van der Waals surface area contributed by atoms with E-state index in [1.165, 1.54) is 178 Å². The zero-order valence-electron chi connectivity index (χ0n) is 35.0. The van der Waals surface area contributed by atoms with Crippen LogP contribution in [0.2, 0.25) is 0 Å². The van der Waals surface area contributed by atoms with Crippen LogP contribution in [0.5, 0.6) is 0 Å². The highest BCUT2D eigenvalue weighted by atomic mass is 14.3. The fourth-order valence-corrected chi connectivity index (χ4v) is 7.66. The van der Waals surface area contributed by atoms with E-state index in [2.05, 4.69) is 118 Å². The third-order valence-electron chi connectivity index (χ3n) is 11.3. The molecule has 2 aromatic carbocycles. The van der Waals surface area contributed by atoms with Crippen molar-refractivity contribution in [2.45, 2.75) is 177 Å². The van der Waals surface area contributed by atoms with Crippen LogP contribution in [0.15, 0.2) is 73.9 Å². The Hall–Kier alpha value is -2.60. The van der Waals surface area contributed by atoms with Gasteiger partial charge in [-0.3, -0.25) is 0 Å². The summed E-state index contributed by atoms with van der Waals surface area (Å²) in [6.45, 7) is 34.8. The van der Waals surface area contributed by atoms with Gasteiger partial charge in [0.2, 0.25) is 0 Å². The Morgan fingerprint density at radius 2 is 0.941 bits per heavy atom. The van der Waals surface area contributed by atoms with Gasteiger partial charge in [-0.1, -0.05) is 184 Å². The van der Waals surface area contributed by atoms with Crippen molar-refractivity contribution in [1.29, 1.82) is 0 Å². The molecule has 2 aromatic rings. The van der Waals surface area contributed by atoms with Gasteiger partial charge in [-0.05, 0) is 135 Å².